The summed E-state index contributed by atoms with van der Waals surface area (Å²) in [6.45, 7) is 2.03. The predicted molar refractivity (Wildman–Crippen MR) is 133 cm³/mol. The van der Waals surface area contributed by atoms with Gasteiger partial charge >= 0.3 is 0 Å². The van der Waals surface area contributed by atoms with Crippen LogP contribution in [0.2, 0.25) is 0 Å². The first-order valence-corrected chi connectivity index (χ1v) is 11.6. The van der Waals surface area contributed by atoms with Crippen LogP contribution < -0.4 is 14.7 Å². The number of para-hydroxylation sites is 1. The minimum Gasteiger partial charge on any atom is -0.372 e. The summed E-state index contributed by atoms with van der Waals surface area (Å²) in [7, 11) is 1.77. The van der Waals surface area contributed by atoms with Gasteiger partial charge in [-0.05, 0) is 73.4 Å². The Balaban J connectivity index is 1.53. The molecule has 3 aromatic rings. The number of benzene rings is 3. The Bertz CT molecular complexity index is 1230. The average molecular weight is 456 g/mol. The largest absolute Gasteiger partial charge is 0.372 e. The van der Waals surface area contributed by atoms with Crippen molar-refractivity contribution in [2.24, 2.45) is 0 Å². The zero-order valence-electron chi connectivity index (χ0n) is 19.1. The van der Waals surface area contributed by atoms with E-state index < -0.39 is 17.6 Å². The van der Waals surface area contributed by atoms with E-state index in [1.807, 2.05) is 54.6 Å². The minimum absolute atomic E-state index is 0.261. The smallest absolute Gasteiger partial charge is 0.282 e. The second kappa shape index (κ2) is 9.14. The molecule has 0 aliphatic carbocycles. The van der Waals surface area contributed by atoms with Crippen LogP contribution in [0.1, 0.15) is 24.8 Å². The Morgan fingerprint density at radius 3 is 2.00 bits per heavy atom. The molecule has 1 saturated heterocycles. The lowest BCUT2D eigenvalue weighted by Gasteiger charge is -2.29. The van der Waals surface area contributed by atoms with E-state index in [0.717, 1.165) is 24.5 Å². The topological polar surface area (TPSA) is 43.9 Å². The molecule has 0 atom stereocenters. The lowest BCUT2D eigenvalue weighted by molar-refractivity contribution is -0.120. The SMILES string of the molecule is CN(C1=C(c2ccc(F)cc2)C(=O)N(c2ccc(N3CCCCC3)cc2)C1=O)c1ccccc1. The van der Waals surface area contributed by atoms with Crippen LogP contribution in [0.5, 0.6) is 0 Å². The average Bonchev–Trinajstić information content (AvgIpc) is 3.15. The van der Waals surface area contributed by atoms with E-state index in [0.29, 0.717) is 11.3 Å². The molecule has 1 fully saturated rings. The van der Waals surface area contributed by atoms with Gasteiger partial charge in [-0.15, -0.1) is 0 Å². The first kappa shape index (κ1) is 21.9. The van der Waals surface area contributed by atoms with Crippen molar-refractivity contribution < 1.29 is 14.0 Å². The molecular weight excluding hydrogens is 429 g/mol. The third kappa shape index (κ3) is 3.96. The van der Waals surface area contributed by atoms with Crippen LogP contribution in [0.15, 0.2) is 84.6 Å². The molecule has 0 bridgehead atoms. The number of piperidine rings is 1. The first-order valence-electron chi connectivity index (χ1n) is 11.6. The molecule has 2 aliphatic heterocycles. The van der Waals surface area contributed by atoms with Crippen molar-refractivity contribution in [3.63, 3.8) is 0 Å². The van der Waals surface area contributed by atoms with Crippen molar-refractivity contribution in [2.75, 3.05) is 34.8 Å². The van der Waals surface area contributed by atoms with Gasteiger partial charge in [-0.2, -0.15) is 0 Å². The molecule has 0 spiro atoms. The monoisotopic (exact) mass is 455 g/mol. The molecule has 0 radical (unpaired) electrons. The van der Waals surface area contributed by atoms with E-state index in [1.165, 1.54) is 48.4 Å². The number of carbonyl (C=O) groups excluding carboxylic acids is 2. The molecule has 2 amide bonds. The molecule has 0 saturated carbocycles. The highest BCUT2D eigenvalue weighted by Gasteiger charge is 2.42. The van der Waals surface area contributed by atoms with Crippen molar-refractivity contribution in [1.82, 2.24) is 0 Å². The van der Waals surface area contributed by atoms with E-state index in [2.05, 4.69) is 4.90 Å². The van der Waals surface area contributed by atoms with Gasteiger partial charge in [0.25, 0.3) is 11.8 Å². The number of amides is 2. The maximum Gasteiger partial charge on any atom is 0.282 e. The third-order valence-corrected chi connectivity index (χ3v) is 6.50. The number of hydrogen-bond acceptors (Lipinski definition) is 4. The summed E-state index contributed by atoms with van der Waals surface area (Å²) < 4.78 is 13.6. The molecule has 0 N–H and O–H groups in total. The molecular formula is C28H26FN3O2. The molecule has 3 aromatic carbocycles. The van der Waals surface area contributed by atoms with Crippen molar-refractivity contribution >= 4 is 34.4 Å². The Labute approximate surface area is 198 Å². The van der Waals surface area contributed by atoms with Crippen LogP contribution in [0.3, 0.4) is 0 Å². The fourth-order valence-electron chi connectivity index (χ4n) is 4.69. The molecule has 2 heterocycles. The molecule has 5 nitrogen and oxygen atoms in total. The van der Waals surface area contributed by atoms with Crippen LogP contribution in [0, 0.1) is 5.82 Å². The number of imide groups is 1. The Hall–Kier alpha value is -3.93. The molecule has 2 aliphatic rings. The van der Waals surface area contributed by atoms with Crippen LogP contribution in [0.4, 0.5) is 21.5 Å². The third-order valence-electron chi connectivity index (χ3n) is 6.50. The number of likely N-dealkylation sites (N-methyl/N-ethyl adjacent to an activating group) is 1. The predicted octanol–water partition coefficient (Wildman–Crippen LogP) is 5.24. The van der Waals surface area contributed by atoms with E-state index in [9.17, 15) is 14.0 Å². The number of rotatable bonds is 5. The second-order valence-corrected chi connectivity index (χ2v) is 8.63. The van der Waals surface area contributed by atoms with Gasteiger partial charge in [-0.1, -0.05) is 30.3 Å². The number of carbonyl (C=O) groups is 2. The standard InChI is InChI=1S/C28H26FN3O2/c1-30(22-8-4-2-5-9-22)26-25(20-10-12-21(29)13-11-20)27(33)32(28(26)34)24-16-14-23(15-17-24)31-18-6-3-7-19-31/h2,4-5,8-17H,3,6-7,18-19H2,1H3. The molecule has 0 unspecified atom stereocenters. The zero-order valence-corrected chi connectivity index (χ0v) is 19.1. The quantitative estimate of drug-likeness (QED) is 0.494. The summed E-state index contributed by atoms with van der Waals surface area (Å²) >= 11 is 0. The van der Waals surface area contributed by atoms with Gasteiger partial charge in [-0.25, -0.2) is 9.29 Å². The molecule has 5 rings (SSSR count). The van der Waals surface area contributed by atoms with Crippen molar-refractivity contribution in [1.29, 1.82) is 0 Å². The summed E-state index contributed by atoms with van der Waals surface area (Å²) in [5.41, 5.74) is 3.42. The second-order valence-electron chi connectivity index (χ2n) is 8.63. The first-order chi connectivity index (χ1) is 16.5. The fraction of sp³-hybridized carbons (Fsp3) is 0.214. The summed E-state index contributed by atoms with van der Waals surface area (Å²) in [4.78, 5) is 32.6. The lowest BCUT2D eigenvalue weighted by atomic mass is 10.0. The van der Waals surface area contributed by atoms with Gasteiger partial charge < -0.3 is 9.80 Å². The minimum atomic E-state index is -0.417. The number of hydrogen-bond donors (Lipinski definition) is 0. The molecule has 0 aromatic heterocycles. The number of nitrogens with zero attached hydrogens (tertiary/aromatic N) is 3. The maximum absolute atomic E-state index is 13.7. The van der Waals surface area contributed by atoms with E-state index in [4.69, 9.17) is 0 Å². The summed E-state index contributed by atoms with van der Waals surface area (Å²) in [5.74, 6) is -1.22. The number of halogens is 1. The van der Waals surface area contributed by atoms with Crippen LogP contribution >= 0.6 is 0 Å². The lowest BCUT2D eigenvalue weighted by Crippen LogP contribution is -2.34. The molecule has 34 heavy (non-hydrogen) atoms. The van der Waals surface area contributed by atoms with Gasteiger partial charge in [0.1, 0.15) is 11.5 Å². The summed E-state index contributed by atoms with van der Waals surface area (Å²) in [6, 6.07) is 22.7. The summed E-state index contributed by atoms with van der Waals surface area (Å²) in [6.07, 6.45) is 3.59. The van der Waals surface area contributed by atoms with Crippen molar-refractivity contribution in [2.45, 2.75) is 19.3 Å². The van der Waals surface area contributed by atoms with Gasteiger partial charge in [0.15, 0.2) is 0 Å². The number of anilines is 3. The highest BCUT2D eigenvalue weighted by molar-refractivity contribution is 6.46. The summed E-state index contributed by atoms with van der Waals surface area (Å²) in [5, 5.41) is 0. The Morgan fingerprint density at radius 2 is 1.35 bits per heavy atom. The van der Waals surface area contributed by atoms with Crippen molar-refractivity contribution in [3.05, 3.63) is 95.9 Å². The van der Waals surface area contributed by atoms with E-state index >= 15 is 0 Å². The van der Waals surface area contributed by atoms with Gasteiger partial charge in [-0.3, -0.25) is 9.59 Å². The fourth-order valence-corrected chi connectivity index (χ4v) is 4.69. The normalized spacial score (nSPS) is 16.4. The Morgan fingerprint density at radius 1 is 0.735 bits per heavy atom. The van der Waals surface area contributed by atoms with Crippen LogP contribution in [0.25, 0.3) is 5.57 Å². The van der Waals surface area contributed by atoms with Crippen LogP contribution in [-0.2, 0) is 9.59 Å². The van der Waals surface area contributed by atoms with Crippen LogP contribution in [-0.4, -0.2) is 32.0 Å². The maximum atomic E-state index is 13.7. The highest BCUT2D eigenvalue weighted by atomic mass is 19.1. The zero-order chi connectivity index (χ0) is 23.7. The van der Waals surface area contributed by atoms with Gasteiger partial charge in [0.2, 0.25) is 0 Å². The van der Waals surface area contributed by atoms with Crippen molar-refractivity contribution in [3.8, 4) is 0 Å². The van der Waals surface area contributed by atoms with E-state index in [-0.39, 0.29) is 11.3 Å². The highest BCUT2D eigenvalue weighted by Crippen LogP contribution is 2.36. The van der Waals surface area contributed by atoms with Gasteiger partial charge in [0, 0.05) is 31.5 Å². The molecule has 6 heteroatoms. The Kier molecular flexibility index (Phi) is 5.88. The van der Waals surface area contributed by atoms with E-state index in [1.54, 1.807) is 11.9 Å². The molecule has 172 valence electrons. The van der Waals surface area contributed by atoms with Gasteiger partial charge in [0.05, 0.1) is 11.3 Å².